The molecule has 108 valence electrons. The zero-order valence-electron chi connectivity index (χ0n) is 11.4. The number of nitrogens with zero attached hydrogens (tertiary/aromatic N) is 2. The number of alkyl halides is 1. The highest BCUT2D eigenvalue weighted by Crippen LogP contribution is 2.28. The molecule has 1 aromatic heterocycles. The molecule has 2 aromatic carbocycles. The molecule has 0 unspecified atom stereocenters. The second-order valence-electron chi connectivity index (χ2n) is 4.79. The van der Waals surface area contributed by atoms with Crippen molar-refractivity contribution in [2.45, 2.75) is 13.3 Å². The van der Waals surface area contributed by atoms with Gasteiger partial charge >= 0.3 is 0 Å². The van der Waals surface area contributed by atoms with Crippen molar-refractivity contribution in [3.05, 3.63) is 58.6 Å². The molecule has 5 heteroatoms. The van der Waals surface area contributed by atoms with Gasteiger partial charge in [-0.05, 0) is 36.8 Å². The average Bonchev–Trinajstić information content (AvgIpc) is 2.82. The van der Waals surface area contributed by atoms with E-state index in [1.807, 2.05) is 35.8 Å². The molecule has 2 nitrogen and oxygen atoms in total. The molecule has 0 aliphatic rings. The van der Waals surface area contributed by atoms with Gasteiger partial charge in [-0.1, -0.05) is 23.7 Å². The summed E-state index contributed by atoms with van der Waals surface area (Å²) in [6.07, 6.45) is 0.557. The van der Waals surface area contributed by atoms with Crippen LogP contribution >= 0.6 is 23.2 Å². The summed E-state index contributed by atoms with van der Waals surface area (Å²) >= 11 is 12.1. The number of halogens is 3. The van der Waals surface area contributed by atoms with Crippen molar-refractivity contribution in [3.63, 3.8) is 0 Å². The van der Waals surface area contributed by atoms with E-state index in [4.69, 9.17) is 23.2 Å². The Morgan fingerprint density at radius 2 is 1.95 bits per heavy atom. The zero-order chi connectivity index (χ0) is 15.0. The van der Waals surface area contributed by atoms with E-state index in [-0.39, 0.29) is 5.82 Å². The lowest BCUT2D eigenvalue weighted by Gasteiger charge is -2.12. The Hall–Kier alpha value is -1.58. The number of benzene rings is 2. The monoisotopic (exact) mass is 322 g/mol. The molecule has 0 saturated carbocycles. The van der Waals surface area contributed by atoms with Gasteiger partial charge in [0.05, 0.1) is 11.2 Å². The molecule has 0 amide bonds. The van der Waals surface area contributed by atoms with Crippen LogP contribution in [-0.2, 0) is 6.42 Å². The Balaban J connectivity index is 2.37. The summed E-state index contributed by atoms with van der Waals surface area (Å²) in [7, 11) is 0. The lowest BCUT2D eigenvalue weighted by Crippen LogP contribution is -2.04. The minimum Gasteiger partial charge on any atom is -0.296 e. The number of aromatic nitrogens is 2. The van der Waals surface area contributed by atoms with E-state index in [2.05, 4.69) is 4.98 Å². The number of imidazole rings is 1. The molecular weight excluding hydrogens is 310 g/mol. The summed E-state index contributed by atoms with van der Waals surface area (Å²) in [5, 5.41) is 0.669. The van der Waals surface area contributed by atoms with Gasteiger partial charge in [0.15, 0.2) is 5.82 Å². The maximum atomic E-state index is 14.0. The summed E-state index contributed by atoms with van der Waals surface area (Å²) in [6, 6.07) is 10.6. The quantitative estimate of drug-likeness (QED) is 0.626. The molecule has 0 fully saturated rings. The smallest absolute Gasteiger partial charge is 0.151 e. The third kappa shape index (κ3) is 2.41. The topological polar surface area (TPSA) is 17.8 Å². The van der Waals surface area contributed by atoms with Crippen LogP contribution in [-0.4, -0.2) is 15.4 Å². The highest BCUT2D eigenvalue weighted by Gasteiger charge is 2.16. The van der Waals surface area contributed by atoms with Crippen molar-refractivity contribution < 1.29 is 4.39 Å². The van der Waals surface area contributed by atoms with Gasteiger partial charge in [0, 0.05) is 17.3 Å². The molecule has 0 saturated heterocycles. The third-order valence-corrected chi connectivity index (χ3v) is 4.10. The zero-order valence-corrected chi connectivity index (χ0v) is 12.9. The van der Waals surface area contributed by atoms with Crippen LogP contribution in [0.1, 0.15) is 11.4 Å². The van der Waals surface area contributed by atoms with Crippen molar-refractivity contribution in [2.75, 3.05) is 5.88 Å². The Morgan fingerprint density at radius 1 is 1.19 bits per heavy atom. The van der Waals surface area contributed by atoms with E-state index in [0.29, 0.717) is 22.8 Å². The van der Waals surface area contributed by atoms with Crippen LogP contribution < -0.4 is 0 Å². The minimum atomic E-state index is -0.332. The van der Waals surface area contributed by atoms with Gasteiger partial charge in [0.1, 0.15) is 11.3 Å². The van der Waals surface area contributed by atoms with Crippen molar-refractivity contribution in [3.8, 4) is 5.69 Å². The van der Waals surface area contributed by atoms with Crippen molar-refractivity contribution in [1.29, 1.82) is 0 Å². The molecule has 3 rings (SSSR count). The molecule has 0 spiro atoms. The van der Waals surface area contributed by atoms with Crippen LogP contribution in [0.25, 0.3) is 16.7 Å². The number of fused-ring (bicyclic) bond motifs is 1. The Kier molecular flexibility index (Phi) is 3.87. The number of hydrogen-bond donors (Lipinski definition) is 0. The fourth-order valence-corrected chi connectivity index (χ4v) is 2.81. The van der Waals surface area contributed by atoms with Gasteiger partial charge in [0.25, 0.3) is 0 Å². The second-order valence-corrected chi connectivity index (χ2v) is 5.58. The first-order chi connectivity index (χ1) is 10.1. The molecule has 0 radical (unpaired) electrons. The maximum absolute atomic E-state index is 14.0. The van der Waals surface area contributed by atoms with Crippen molar-refractivity contribution in [1.82, 2.24) is 9.55 Å². The first-order valence-corrected chi connectivity index (χ1v) is 7.52. The van der Waals surface area contributed by atoms with Crippen molar-refractivity contribution in [2.24, 2.45) is 0 Å². The van der Waals surface area contributed by atoms with E-state index in [1.54, 1.807) is 6.07 Å². The number of rotatable bonds is 3. The largest absolute Gasteiger partial charge is 0.296 e. The number of hydrogen-bond acceptors (Lipinski definition) is 1. The van der Waals surface area contributed by atoms with Gasteiger partial charge in [-0.2, -0.15) is 0 Å². The standard InChI is InChI=1S/C16H13Cl2FN2/c1-10-11(18)4-2-6-13(10)21-14-7-3-5-12(19)16(14)20-15(21)8-9-17/h2-7H,8-9H2,1H3. The molecule has 0 aliphatic carbocycles. The van der Waals surface area contributed by atoms with Gasteiger partial charge in [0.2, 0.25) is 0 Å². The van der Waals surface area contributed by atoms with Crippen LogP contribution in [0.3, 0.4) is 0 Å². The predicted octanol–water partition coefficient (Wildman–Crippen LogP) is 4.91. The first-order valence-electron chi connectivity index (χ1n) is 6.60. The Bertz CT molecular complexity index is 811. The third-order valence-electron chi connectivity index (χ3n) is 3.50. The Labute approximate surface area is 132 Å². The highest BCUT2D eigenvalue weighted by atomic mass is 35.5. The molecule has 1 heterocycles. The lowest BCUT2D eigenvalue weighted by molar-refractivity contribution is 0.637. The molecular formula is C16H13Cl2FN2. The summed E-state index contributed by atoms with van der Waals surface area (Å²) in [6.45, 7) is 1.94. The molecule has 21 heavy (non-hydrogen) atoms. The van der Waals surface area contributed by atoms with Crippen LogP contribution in [0.4, 0.5) is 4.39 Å². The lowest BCUT2D eigenvalue weighted by atomic mass is 10.2. The fourth-order valence-electron chi connectivity index (χ4n) is 2.47. The van der Waals surface area contributed by atoms with Gasteiger partial charge in [-0.3, -0.25) is 4.57 Å². The summed E-state index contributed by atoms with van der Waals surface area (Å²) in [4.78, 5) is 4.41. The fraction of sp³-hybridized carbons (Fsp3) is 0.188. The van der Waals surface area contributed by atoms with Crippen molar-refractivity contribution >= 4 is 34.2 Å². The summed E-state index contributed by atoms with van der Waals surface area (Å²) < 4.78 is 15.9. The van der Waals surface area contributed by atoms with Gasteiger partial charge in [-0.15, -0.1) is 11.6 Å². The maximum Gasteiger partial charge on any atom is 0.151 e. The van der Waals surface area contributed by atoms with Crippen LogP contribution in [0.5, 0.6) is 0 Å². The van der Waals surface area contributed by atoms with Crippen LogP contribution in [0, 0.1) is 12.7 Å². The summed E-state index contributed by atoms with van der Waals surface area (Å²) in [5.41, 5.74) is 2.91. The Morgan fingerprint density at radius 3 is 2.71 bits per heavy atom. The van der Waals surface area contributed by atoms with E-state index < -0.39 is 0 Å². The van der Waals surface area contributed by atoms with E-state index in [0.717, 1.165) is 22.6 Å². The minimum absolute atomic E-state index is 0.332. The van der Waals surface area contributed by atoms with Crippen LogP contribution in [0.15, 0.2) is 36.4 Å². The van der Waals surface area contributed by atoms with E-state index in [9.17, 15) is 4.39 Å². The van der Waals surface area contributed by atoms with Gasteiger partial charge in [-0.25, -0.2) is 9.37 Å². The van der Waals surface area contributed by atoms with Gasteiger partial charge < -0.3 is 0 Å². The average molecular weight is 323 g/mol. The number of aryl methyl sites for hydroxylation is 1. The first kappa shape index (κ1) is 14.4. The SMILES string of the molecule is Cc1c(Cl)cccc1-n1c(CCCl)nc2c(F)cccc21. The van der Waals surface area contributed by atoms with Crippen LogP contribution in [0.2, 0.25) is 5.02 Å². The molecule has 0 atom stereocenters. The van der Waals surface area contributed by atoms with E-state index in [1.165, 1.54) is 6.07 Å². The highest BCUT2D eigenvalue weighted by molar-refractivity contribution is 6.31. The molecule has 3 aromatic rings. The van der Waals surface area contributed by atoms with E-state index >= 15 is 0 Å². The predicted molar refractivity (Wildman–Crippen MR) is 85.2 cm³/mol. The summed E-state index contributed by atoms with van der Waals surface area (Å²) in [5.74, 6) is 0.821. The number of para-hydroxylation sites is 1. The molecule has 0 bridgehead atoms. The second kappa shape index (κ2) is 5.66. The molecule has 0 N–H and O–H groups in total. The molecule has 0 aliphatic heterocycles. The normalized spacial score (nSPS) is 11.2.